The Bertz CT molecular complexity index is 1100. The fourth-order valence-electron chi connectivity index (χ4n) is 3.36. The molecule has 0 radical (unpaired) electrons. The number of hydrogen-bond donors (Lipinski definition) is 0. The molecule has 2 aliphatic heterocycles. The molecular weight excluding hydrogens is 458 g/mol. The van der Waals surface area contributed by atoms with Crippen LogP contribution in [0.4, 0.5) is 5.69 Å². The molecule has 4 rings (SSSR count). The van der Waals surface area contributed by atoms with Crippen molar-refractivity contribution >= 4 is 52.3 Å². The second-order valence-corrected chi connectivity index (χ2v) is 9.28. The van der Waals surface area contributed by atoms with E-state index in [-0.39, 0.29) is 18.4 Å². The Morgan fingerprint density at radius 1 is 1.21 bits per heavy atom. The minimum atomic E-state index is -0.126. The maximum Gasteiger partial charge on any atom is 0.266 e. The largest absolute Gasteiger partial charge is 0.483 e. The van der Waals surface area contributed by atoms with Gasteiger partial charge in [-0.05, 0) is 48.4 Å². The molecule has 0 N–H and O–H groups in total. The molecule has 2 heterocycles. The van der Waals surface area contributed by atoms with Gasteiger partial charge in [-0.3, -0.25) is 14.5 Å². The molecular formula is C24H25N3O4S2. The molecule has 0 saturated carbocycles. The summed E-state index contributed by atoms with van der Waals surface area (Å²) in [7, 11) is 1.72. The van der Waals surface area contributed by atoms with Gasteiger partial charge in [0.05, 0.1) is 23.8 Å². The summed E-state index contributed by atoms with van der Waals surface area (Å²) in [4.78, 5) is 34.9. The summed E-state index contributed by atoms with van der Waals surface area (Å²) in [5, 5.41) is 0.616. The van der Waals surface area contributed by atoms with Gasteiger partial charge in [0.25, 0.3) is 11.8 Å². The minimum absolute atomic E-state index is 0.0559. The molecule has 2 amide bonds. The molecule has 9 heteroatoms. The summed E-state index contributed by atoms with van der Waals surface area (Å²) in [5.41, 5.74) is 1.54. The Hall–Kier alpha value is -2.75. The average molecular weight is 484 g/mol. The molecule has 2 fully saturated rings. The third kappa shape index (κ3) is 5.79. The van der Waals surface area contributed by atoms with Crippen molar-refractivity contribution < 1.29 is 19.1 Å². The summed E-state index contributed by atoms with van der Waals surface area (Å²) in [6, 6.07) is 15.3. The van der Waals surface area contributed by atoms with Gasteiger partial charge in [-0.15, -0.1) is 11.8 Å². The summed E-state index contributed by atoms with van der Waals surface area (Å²) in [6.07, 6.45) is 3.81. The summed E-state index contributed by atoms with van der Waals surface area (Å²) < 4.78 is 11.1. The Balaban J connectivity index is 1.50. The third-order valence-corrected chi connectivity index (χ3v) is 6.99. The second kappa shape index (κ2) is 10.9. The van der Waals surface area contributed by atoms with Crippen LogP contribution in [0.1, 0.15) is 5.56 Å². The molecule has 2 saturated heterocycles. The first kappa shape index (κ1) is 23.4. The fraction of sp³-hybridized carbons (Fsp3) is 0.292. The van der Waals surface area contributed by atoms with Crippen molar-refractivity contribution in [3.8, 4) is 5.75 Å². The topological polar surface area (TPSA) is 71.4 Å². The lowest BCUT2D eigenvalue weighted by molar-refractivity contribution is -0.137. The molecule has 2 aromatic rings. The van der Waals surface area contributed by atoms with Crippen LogP contribution in [0.2, 0.25) is 0 Å². The van der Waals surface area contributed by atoms with Gasteiger partial charge in [0.15, 0.2) is 11.8 Å². The number of benzene rings is 2. The number of carbonyl (C=O) groups is 2. The second-order valence-electron chi connectivity index (χ2n) is 7.39. The number of amides is 2. The Morgan fingerprint density at radius 2 is 2.00 bits per heavy atom. The van der Waals surface area contributed by atoms with Crippen molar-refractivity contribution in [3.63, 3.8) is 0 Å². The van der Waals surface area contributed by atoms with Gasteiger partial charge in [-0.2, -0.15) is 0 Å². The summed E-state index contributed by atoms with van der Waals surface area (Å²) in [6.45, 7) is 2.19. The van der Waals surface area contributed by atoms with Gasteiger partial charge in [0, 0.05) is 30.6 Å². The molecule has 2 aromatic carbocycles. The molecule has 0 unspecified atom stereocenters. The van der Waals surface area contributed by atoms with E-state index in [4.69, 9.17) is 9.47 Å². The number of nitrogens with zero attached hydrogens (tertiary/aromatic N) is 3. The SMILES string of the molecule is CSc1cccc(N=C2S/C(=C\c3ccccc3OCC(=O)N3CCOCC3)C(=O)N2C)c1. The number of ether oxygens (including phenoxy) is 2. The number of thioether (sulfide) groups is 2. The van der Waals surface area contributed by atoms with Crippen molar-refractivity contribution in [1.29, 1.82) is 0 Å². The van der Waals surface area contributed by atoms with Crippen LogP contribution >= 0.6 is 23.5 Å². The zero-order valence-corrected chi connectivity index (χ0v) is 20.2. The van der Waals surface area contributed by atoms with E-state index < -0.39 is 0 Å². The van der Waals surface area contributed by atoms with E-state index in [0.717, 1.165) is 16.1 Å². The zero-order chi connectivity index (χ0) is 23.2. The number of para-hydroxylation sites is 1. The lowest BCUT2D eigenvalue weighted by Crippen LogP contribution is -2.43. The number of likely N-dealkylation sites (N-methyl/N-ethyl adjacent to an activating group) is 1. The molecule has 7 nitrogen and oxygen atoms in total. The van der Waals surface area contributed by atoms with E-state index in [9.17, 15) is 9.59 Å². The number of amidine groups is 1. The van der Waals surface area contributed by atoms with Crippen LogP contribution in [-0.4, -0.2) is 73.0 Å². The van der Waals surface area contributed by atoms with E-state index in [2.05, 4.69) is 4.99 Å². The number of rotatable bonds is 6. The first-order chi connectivity index (χ1) is 16.0. The summed E-state index contributed by atoms with van der Waals surface area (Å²) in [5.74, 6) is 0.355. The first-order valence-electron chi connectivity index (χ1n) is 10.5. The van der Waals surface area contributed by atoms with Crippen molar-refractivity contribution in [1.82, 2.24) is 9.80 Å². The van der Waals surface area contributed by atoms with Crippen molar-refractivity contribution in [2.75, 3.05) is 46.2 Å². The predicted octanol–water partition coefficient (Wildman–Crippen LogP) is 3.88. The molecule has 0 spiro atoms. The number of morpholine rings is 1. The smallest absolute Gasteiger partial charge is 0.266 e. The van der Waals surface area contributed by atoms with Gasteiger partial charge in [0.2, 0.25) is 0 Å². The van der Waals surface area contributed by atoms with E-state index in [1.54, 1.807) is 40.8 Å². The van der Waals surface area contributed by atoms with Gasteiger partial charge >= 0.3 is 0 Å². The normalized spacial score (nSPS) is 18.9. The van der Waals surface area contributed by atoms with E-state index in [1.165, 1.54) is 11.8 Å². The van der Waals surface area contributed by atoms with Gasteiger partial charge in [-0.25, -0.2) is 4.99 Å². The lowest BCUT2D eigenvalue weighted by Gasteiger charge is -2.26. The standard InChI is InChI=1S/C24H25N3O4S2/c1-26-23(29)21(33-24(26)25-18-7-5-8-19(15-18)32-2)14-17-6-3-4-9-20(17)31-16-22(28)27-10-12-30-13-11-27/h3-9,14-15H,10-13,16H2,1-2H3/b21-14-,25-24?. The van der Waals surface area contributed by atoms with Gasteiger partial charge in [0.1, 0.15) is 5.75 Å². The number of hydrogen-bond acceptors (Lipinski definition) is 7. The predicted molar refractivity (Wildman–Crippen MR) is 133 cm³/mol. The third-order valence-electron chi connectivity index (χ3n) is 5.20. The van der Waals surface area contributed by atoms with Crippen LogP contribution in [0.3, 0.4) is 0 Å². The monoisotopic (exact) mass is 483 g/mol. The molecule has 33 heavy (non-hydrogen) atoms. The Kier molecular flexibility index (Phi) is 7.74. The van der Waals surface area contributed by atoms with Crippen molar-refractivity contribution in [3.05, 3.63) is 59.0 Å². The molecule has 0 atom stereocenters. The van der Waals surface area contributed by atoms with Crippen LogP contribution in [-0.2, 0) is 14.3 Å². The summed E-state index contributed by atoms with van der Waals surface area (Å²) >= 11 is 2.97. The van der Waals surface area contributed by atoms with E-state index >= 15 is 0 Å². The average Bonchev–Trinajstić information content (AvgIpc) is 3.11. The Morgan fingerprint density at radius 3 is 2.79 bits per heavy atom. The van der Waals surface area contributed by atoms with Crippen LogP contribution in [0.25, 0.3) is 6.08 Å². The maximum absolute atomic E-state index is 12.9. The van der Waals surface area contributed by atoms with E-state index in [1.807, 2.05) is 48.7 Å². The number of carbonyl (C=O) groups excluding carboxylic acids is 2. The van der Waals surface area contributed by atoms with Gasteiger partial charge in [-0.1, -0.05) is 24.3 Å². The van der Waals surface area contributed by atoms with Crippen molar-refractivity contribution in [2.24, 2.45) is 4.99 Å². The lowest BCUT2D eigenvalue weighted by atomic mass is 10.2. The van der Waals surface area contributed by atoms with Crippen LogP contribution in [0.5, 0.6) is 5.75 Å². The maximum atomic E-state index is 12.9. The molecule has 0 aliphatic carbocycles. The quantitative estimate of drug-likeness (QED) is 0.459. The highest BCUT2D eigenvalue weighted by atomic mass is 32.2. The van der Waals surface area contributed by atoms with Crippen LogP contribution in [0.15, 0.2) is 63.3 Å². The molecule has 0 bridgehead atoms. The molecule has 0 aromatic heterocycles. The zero-order valence-electron chi connectivity index (χ0n) is 18.5. The highest BCUT2D eigenvalue weighted by molar-refractivity contribution is 8.18. The molecule has 172 valence electrons. The van der Waals surface area contributed by atoms with Crippen molar-refractivity contribution in [2.45, 2.75) is 4.90 Å². The van der Waals surface area contributed by atoms with Crippen LogP contribution in [0, 0.1) is 0 Å². The number of aliphatic imine (C=N–C) groups is 1. The van der Waals surface area contributed by atoms with Gasteiger partial charge < -0.3 is 14.4 Å². The fourth-order valence-corrected chi connectivity index (χ4v) is 4.79. The highest BCUT2D eigenvalue weighted by Gasteiger charge is 2.30. The van der Waals surface area contributed by atoms with E-state index in [0.29, 0.717) is 42.1 Å². The minimum Gasteiger partial charge on any atom is -0.483 e. The van der Waals surface area contributed by atoms with Crippen LogP contribution < -0.4 is 4.74 Å². The first-order valence-corrected chi connectivity index (χ1v) is 12.6. The molecule has 2 aliphatic rings. The highest BCUT2D eigenvalue weighted by Crippen LogP contribution is 2.35. The Labute approximate surface area is 201 Å².